The zero-order valence-electron chi connectivity index (χ0n) is 20.3. The molecule has 0 saturated carbocycles. The first-order valence-electron chi connectivity index (χ1n) is 11.3. The van der Waals surface area contributed by atoms with Crippen LogP contribution < -0.4 is 5.46 Å². The monoisotopic (exact) mass is 445 g/mol. The van der Waals surface area contributed by atoms with Crippen LogP contribution in [-0.4, -0.2) is 59.1 Å². The molecule has 1 aromatic carbocycles. The van der Waals surface area contributed by atoms with Crippen LogP contribution in [0.15, 0.2) is 24.3 Å². The molecule has 0 aromatic heterocycles. The van der Waals surface area contributed by atoms with Gasteiger partial charge >= 0.3 is 19.2 Å². The number of likely N-dealkylation sites (tertiary alicyclic amines) is 1. The minimum Gasteiger partial charge on any atom is -0.481 e. The Morgan fingerprint density at radius 2 is 1.84 bits per heavy atom. The summed E-state index contributed by atoms with van der Waals surface area (Å²) in [5, 5.41) is 9.94. The summed E-state index contributed by atoms with van der Waals surface area (Å²) in [4.78, 5) is 26.1. The van der Waals surface area contributed by atoms with E-state index in [0.717, 1.165) is 11.0 Å². The number of ether oxygens (including phenoxy) is 1. The lowest BCUT2D eigenvalue weighted by atomic mass is 9.77. The quantitative estimate of drug-likeness (QED) is 0.699. The lowest BCUT2D eigenvalue weighted by molar-refractivity contribution is -0.143. The number of hydrogen-bond acceptors (Lipinski definition) is 5. The standard InChI is InChI=1S/C24H36BNO6/c1-22(2,3)30-21(29)26-12-11-17(15-26)19(20(27)28)14-16-9-8-10-18(13-16)25-31-23(4,5)24(6,7)32-25/h8-10,13,17,19H,11-12,14-15H2,1-7H3,(H,27,28)/t17-,19?/m1/s1. The largest absolute Gasteiger partial charge is 0.494 e. The molecule has 32 heavy (non-hydrogen) atoms. The van der Waals surface area contributed by atoms with Crippen molar-refractivity contribution in [3.8, 4) is 0 Å². The molecule has 176 valence electrons. The number of carbonyl (C=O) groups excluding carboxylic acids is 1. The second kappa shape index (κ2) is 8.71. The summed E-state index contributed by atoms with van der Waals surface area (Å²) in [6, 6.07) is 7.77. The number of carbonyl (C=O) groups is 2. The van der Waals surface area contributed by atoms with Crippen LogP contribution in [0.25, 0.3) is 0 Å². The van der Waals surface area contributed by atoms with E-state index in [1.54, 1.807) is 4.90 Å². The lowest BCUT2D eigenvalue weighted by Gasteiger charge is -2.32. The highest BCUT2D eigenvalue weighted by Gasteiger charge is 2.51. The molecule has 3 rings (SSSR count). The fraction of sp³-hybridized carbons (Fsp3) is 0.667. The highest BCUT2D eigenvalue weighted by Crippen LogP contribution is 2.36. The Labute approximate surface area is 191 Å². The minimum atomic E-state index is -0.845. The van der Waals surface area contributed by atoms with Crippen LogP contribution in [0, 0.1) is 11.8 Å². The average molecular weight is 445 g/mol. The number of amides is 1. The van der Waals surface area contributed by atoms with E-state index >= 15 is 0 Å². The van der Waals surface area contributed by atoms with Gasteiger partial charge < -0.3 is 24.1 Å². The van der Waals surface area contributed by atoms with Crippen molar-refractivity contribution in [3.05, 3.63) is 29.8 Å². The van der Waals surface area contributed by atoms with Crippen molar-refractivity contribution >= 4 is 24.6 Å². The molecule has 2 aliphatic heterocycles. The Hall–Kier alpha value is -2.06. The van der Waals surface area contributed by atoms with Gasteiger partial charge in [0.1, 0.15) is 5.60 Å². The van der Waals surface area contributed by atoms with Gasteiger partial charge in [0.05, 0.1) is 17.1 Å². The van der Waals surface area contributed by atoms with Gasteiger partial charge in [-0.1, -0.05) is 24.3 Å². The Morgan fingerprint density at radius 3 is 2.41 bits per heavy atom. The van der Waals surface area contributed by atoms with Gasteiger partial charge in [0.2, 0.25) is 0 Å². The zero-order valence-corrected chi connectivity index (χ0v) is 20.3. The van der Waals surface area contributed by atoms with E-state index < -0.39 is 35.8 Å². The van der Waals surface area contributed by atoms with E-state index in [1.165, 1.54) is 0 Å². The minimum absolute atomic E-state index is 0.125. The lowest BCUT2D eigenvalue weighted by Crippen LogP contribution is -2.41. The van der Waals surface area contributed by atoms with Crippen molar-refractivity contribution in [2.45, 2.75) is 78.1 Å². The molecule has 2 aliphatic rings. The third kappa shape index (κ3) is 5.46. The van der Waals surface area contributed by atoms with Crippen LogP contribution in [0.2, 0.25) is 0 Å². The number of carboxylic acid groups (broad SMARTS) is 1. The molecule has 2 saturated heterocycles. The molecule has 2 fully saturated rings. The Bertz CT molecular complexity index is 846. The molecule has 7 nitrogen and oxygen atoms in total. The number of carboxylic acids is 1. The molecule has 2 heterocycles. The fourth-order valence-corrected chi connectivity index (χ4v) is 4.16. The maximum atomic E-state index is 12.4. The smallest absolute Gasteiger partial charge is 0.481 e. The van der Waals surface area contributed by atoms with E-state index in [0.29, 0.717) is 25.9 Å². The summed E-state index contributed by atoms with van der Waals surface area (Å²) in [5.41, 5.74) is 0.348. The van der Waals surface area contributed by atoms with Crippen molar-refractivity contribution in [1.29, 1.82) is 0 Å². The predicted molar refractivity (Wildman–Crippen MR) is 123 cm³/mol. The van der Waals surface area contributed by atoms with E-state index in [4.69, 9.17) is 14.0 Å². The van der Waals surface area contributed by atoms with Gasteiger partial charge in [-0.05, 0) is 78.3 Å². The molecule has 0 bridgehead atoms. The first kappa shape index (κ1) is 24.6. The summed E-state index contributed by atoms with van der Waals surface area (Å²) < 4.78 is 17.7. The second-order valence-electron chi connectivity index (χ2n) is 11.0. The van der Waals surface area contributed by atoms with Gasteiger partial charge in [-0.25, -0.2) is 4.79 Å². The Balaban J connectivity index is 1.69. The van der Waals surface area contributed by atoms with Crippen LogP contribution in [0.1, 0.15) is 60.5 Å². The number of hydrogen-bond donors (Lipinski definition) is 1. The molecule has 1 aromatic rings. The normalized spacial score (nSPS) is 23.3. The van der Waals surface area contributed by atoms with Crippen molar-refractivity contribution in [3.63, 3.8) is 0 Å². The molecule has 8 heteroatoms. The molecular weight excluding hydrogens is 409 g/mol. The van der Waals surface area contributed by atoms with Gasteiger partial charge in [0.25, 0.3) is 0 Å². The summed E-state index contributed by atoms with van der Waals surface area (Å²) in [6.45, 7) is 14.4. The van der Waals surface area contributed by atoms with Crippen LogP contribution in [0.3, 0.4) is 0 Å². The molecule has 1 N–H and O–H groups in total. The SMILES string of the molecule is CC(C)(C)OC(=O)N1CC[C@@H](C(Cc2cccc(B3OC(C)(C)C(C)(C)O3)c2)C(=O)O)C1. The number of nitrogens with zero attached hydrogens (tertiary/aromatic N) is 1. The van der Waals surface area contributed by atoms with E-state index in [9.17, 15) is 14.7 Å². The number of benzene rings is 1. The fourth-order valence-electron chi connectivity index (χ4n) is 4.16. The van der Waals surface area contributed by atoms with Crippen LogP contribution in [0.5, 0.6) is 0 Å². The molecule has 1 amide bonds. The predicted octanol–water partition coefficient (Wildman–Crippen LogP) is 3.49. The topological polar surface area (TPSA) is 85.3 Å². The van der Waals surface area contributed by atoms with Gasteiger partial charge in [0, 0.05) is 13.1 Å². The number of aliphatic carboxylic acids is 1. The van der Waals surface area contributed by atoms with Crippen LogP contribution >= 0.6 is 0 Å². The van der Waals surface area contributed by atoms with Crippen LogP contribution in [-0.2, 0) is 25.3 Å². The van der Waals surface area contributed by atoms with Crippen molar-refractivity contribution in [2.75, 3.05) is 13.1 Å². The highest BCUT2D eigenvalue weighted by molar-refractivity contribution is 6.62. The summed E-state index contributed by atoms with van der Waals surface area (Å²) in [6.07, 6.45) is 0.648. The molecule has 0 spiro atoms. The maximum absolute atomic E-state index is 12.4. The average Bonchev–Trinajstić information content (AvgIpc) is 3.21. The van der Waals surface area contributed by atoms with E-state index in [-0.39, 0.29) is 12.0 Å². The maximum Gasteiger partial charge on any atom is 0.494 e. The summed E-state index contributed by atoms with van der Waals surface area (Å²) in [7, 11) is -0.489. The molecule has 0 radical (unpaired) electrons. The second-order valence-corrected chi connectivity index (χ2v) is 11.0. The Kier molecular flexibility index (Phi) is 6.69. The first-order valence-corrected chi connectivity index (χ1v) is 11.3. The van der Waals surface area contributed by atoms with E-state index in [1.807, 2.05) is 72.7 Å². The van der Waals surface area contributed by atoms with E-state index in [2.05, 4.69) is 0 Å². The molecule has 2 atom stereocenters. The third-order valence-corrected chi connectivity index (χ3v) is 6.69. The van der Waals surface area contributed by atoms with Gasteiger partial charge in [-0.2, -0.15) is 0 Å². The number of rotatable bonds is 5. The molecule has 1 unspecified atom stereocenters. The highest BCUT2D eigenvalue weighted by atomic mass is 16.7. The van der Waals surface area contributed by atoms with Crippen molar-refractivity contribution < 1.29 is 28.7 Å². The molecule has 0 aliphatic carbocycles. The van der Waals surface area contributed by atoms with Crippen LogP contribution in [0.4, 0.5) is 4.79 Å². The Morgan fingerprint density at radius 1 is 1.22 bits per heavy atom. The third-order valence-electron chi connectivity index (χ3n) is 6.69. The summed E-state index contributed by atoms with van der Waals surface area (Å²) >= 11 is 0. The summed E-state index contributed by atoms with van der Waals surface area (Å²) in [5.74, 6) is -1.56. The van der Waals surface area contributed by atoms with Gasteiger partial charge in [-0.3, -0.25) is 4.79 Å². The first-order chi connectivity index (χ1) is 14.7. The van der Waals surface area contributed by atoms with Crippen molar-refractivity contribution in [2.24, 2.45) is 11.8 Å². The molecular formula is C24H36BNO6. The van der Waals surface area contributed by atoms with Crippen molar-refractivity contribution in [1.82, 2.24) is 4.90 Å². The van der Waals surface area contributed by atoms with Gasteiger partial charge in [-0.15, -0.1) is 0 Å². The zero-order chi connectivity index (χ0) is 23.9. The van der Waals surface area contributed by atoms with Gasteiger partial charge in [0.15, 0.2) is 0 Å².